The third-order valence-corrected chi connectivity index (χ3v) is 5.26. The Morgan fingerprint density at radius 2 is 2.07 bits per heavy atom. The fourth-order valence-corrected chi connectivity index (χ4v) is 3.85. The van der Waals surface area contributed by atoms with Gasteiger partial charge in [0.15, 0.2) is 5.96 Å². The molecule has 0 spiro atoms. The van der Waals surface area contributed by atoms with E-state index < -0.39 is 0 Å². The van der Waals surface area contributed by atoms with Crippen LogP contribution in [-0.4, -0.2) is 49.3 Å². The molecule has 0 saturated carbocycles. The van der Waals surface area contributed by atoms with Gasteiger partial charge in [0.2, 0.25) is 0 Å². The van der Waals surface area contributed by atoms with Gasteiger partial charge in [0.05, 0.1) is 18.8 Å². The predicted octanol–water partition coefficient (Wildman–Crippen LogP) is 3.97. The number of ether oxygens (including phenoxy) is 1. The third kappa shape index (κ3) is 5.05. The maximum absolute atomic E-state index is 6.04. The third-order valence-electron chi connectivity index (χ3n) is 5.26. The first-order valence-electron chi connectivity index (χ1n) is 9.56. The van der Waals surface area contributed by atoms with Crippen molar-refractivity contribution < 1.29 is 9.26 Å². The molecule has 28 heavy (non-hydrogen) atoms. The van der Waals surface area contributed by atoms with E-state index in [1.54, 1.807) is 0 Å². The molecule has 1 aromatic heterocycles. The number of morpholine rings is 1. The lowest BCUT2D eigenvalue weighted by Gasteiger charge is -2.36. The average Bonchev–Trinajstić information content (AvgIpc) is 3.01. The van der Waals surface area contributed by atoms with Crippen LogP contribution in [-0.2, 0) is 4.74 Å². The van der Waals surface area contributed by atoms with Crippen LogP contribution in [0.2, 0.25) is 0 Å². The fourth-order valence-electron chi connectivity index (χ4n) is 3.85. The minimum Gasteiger partial charge on any atom is -0.370 e. The molecule has 154 valence electrons. The molecule has 1 N–H and O–H groups in total. The average molecular weight is 498 g/mol. The van der Waals surface area contributed by atoms with E-state index >= 15 is 0 Å². The molecule has 1 aliphatic rings. The Kier molecular flexibility index (Phi) is 8.30. The summed E-state index contributed by atoms with van der Waals surface area (Å²) in [6, 6.07) is 8.42. The predicted molar refractivity (Wildman–Crippen MR) is 123 cm³/mol. The number of aliphatic imine (C=N–C) groups is 1. The van der Waals surface area contributed by atoms with Gasteiger partial charge < -0.3 is 19.5 Å². The zero-order valence-electron chi connectivity index (χ0n) is 17.4. The van der Waals surface area contributed by atoms with Crippen molar-refractivity contribution in [2.24, 2.45) is 4.99 Å². The van der Waals surface area contributed by atoms with E-state index in [-0.39, 0.29) is 30.1 Å². The van der Waals surface area contributed by atoms with Crippen LogP contribution in [0.3, 0.4) is 0 Å². The quantitative estimate of drug-likeness (QED) is 0.393. The van der Waals surface area contributed by atoms with Crippen LogP contribution in [0.1, 0.15) is 47.1 Å². The van der Waals surface area contributed by atoms with Gasteiger partial charge in [-0.2, -0.15) is 0 Å². The second-order valence-corrected chi connectivity index (χ2v) is 7.23. The Balaban J connectivity index is 0.00000280. The number of nitrogens with zero attached hydrogens (tertiary/aromatic N) is 3. The van der Waals surface area contributed by atoms with E-state index in [1.165, 1.54) is 16.7 Å². The smallest absolute Gasteiger partial charge is 0.193 e. The highest BCUT2D eigenvalue weighted by Gasteiger charge is 2.25. The molecule has 2 aromatic rings. The highest BCUT2D eigenvalue weighted by Crippen LogP contribution is 2.25. The van der Waals surface area contributed by atoms with Gasteiger partial charge in [0, 0.05) is 31.6 Å². The molecule has 0 aliphatic carbocycles. The van der Waals surface area contributed by atoms with Gasteiger partial charge in [0.1, 0.15) is 11.9 Å². The molecule has 1 aromatic carbocycles. The number of aryl methyl sites for hydroxylation is 3. The zero-order chi connectivity index (χ0) is 19.4. The first kappa shape index (κ1) is 22.7. The highest BCUT2D eigenvalue weighted by atomic mass is 127. The minimum absolute atomic E-state index is 0. The van der Waals surface area contributed by atoms with E-state index in [2.05, 4.69) is 58.5 Å². The summed E-state index contributed by atoms with van der Waals surface area (Å²) in [5, 5.41) is 7.59. The number of guanidine groups is 1. The molecule has 1 aliphatic heterocycles. The van der Waals surface area contributed by atoms with Crippen molar-refractivity contribution in [1.29, 1.82) is 0 Å². The summed E-state index contributed by atoms with van der Waals surface area (Å²) in [6.45, 7) is 11.4. The molecular formula is C21H31IN4O2. The van der Waals surface area contributed by atoms with Crippen molar-refractivity contribution in [1.82, 2.24) is 15.4 Å². The largest absolute Gasteiger partial charge is 0.370 e. The monoisotopic (exact) mass is 498 g/mol. The molecule has 1 fully saturated rings. The molecule has 0 amide bonds. The van der Waals surface area contributed by atoms with Crippen LogP contribution in [0, 0.1) is 20.8 Å². The van der Waals surface area contributed by atoms with Crippen molar-refractivity contribution in [2.45, 2.75) is 39.7 Å². The molecule has 1 saturated heterocycles. The maximum atomic E-state index is 6.04. The summed E-state index contributed by atoms with van der Waals surface area (Å²) in [7, 11) is 1.83. The molecule has 2 heterocycles. The highest BCUT2D eigenvalue weighted by molar-refractivity contribution is 14.0. The number of benzene rings is 1. The standard InChI is InChI=1S/C21H30N4O2.HI/c1-14-8-6-7-9-18(14)19-13-25(10-11-26-19)21(22-5)23-12-15(2)20-16(3)24-27-17(20)4;/h6-9,15,19H,10-13H2,1-5H3,(H,22,23);1H. The van der Waals surface area contributed by atoms with Crippen LogP contribution in [0.15, 0.2) is 33.8 Å². The summed E-state index contributed by atoms with van der Waals surface area (Å²) in [6.07, 6.45) is 0.0680. The van der Waals surface area contributed by atoms with Crippen LogP contribution in [0.25, 0.3) is 0 Å². The Morgan fingerprint density at radius 3 is 2.71 bits per heavy atom. The van der Waals surface area contributed by atoms with Gasteiger partial charge in [-0.15, -0.1) is 24.0 Å². The zero-order valence-corrected chi connectivity index (χ0v) is 19.7. The number of rotatable bonds is 4. The lowest BCUT2D eigenvalue weighted by molar-refractivity contribution is -0.00832. The topological polar surface area (TPSA) is 62.9 Å². The van der Waals surface area contributed by atoms with Gasteiger partial charge >= 0.3 is 0 Å². The molecule has 2 atom stereocenters. The molecule has 7 heteroatoms. The summed E-state index contributed by atoms with van der Waals surface area (Å²) in [5.41, 5.74) is 4.65. The fraction of sp³-hybridized carbons (Fsp3) is 0.524. The van der Waals surface area contributed by atoms with Gasteiger partial charge in [0.25, 0.3) is 0 Å². The molecule has 0 bridgehead atoms. The first-order valence-corrected chi connectivity index (χ1v) is 9.56. The number of hydrogen-bond donors (Lipinski definition) is 1. The van der Waals surface area contributed by atoms with E-state index in [0.717, 1.165) is 37.0 Å². The van der Waals surface area contributed by atoms with Crippen molar-refractivity contribution in [2.75, 3.05) is 33.3 Å². The SMILES string of the molecule is CN=C(NCC(C)c1c(C)noc1C)N1CCOC(c2ccccc2C)C1.I. The van der Waals surface area contributed by atoms with Crippen molar-refractivity contribution in [3.05, 3.63) is 52.4 Å². The lowest BCUT2D eigenvalue weighted by atomic mass is 9.99. The Labute approximate surface area is 184 Å². The van der Waals surface area contributed by atoms with Crippen LogP contribution in [0.4, 0.5) is 0 Å². The lowest BCUT2D eigenvalue weighted by Crippen LogP contribution is -2.48. The molecule has 2 unspecified atom stereocenters. The first-order chi connectivity index (χ1) is 13.0. The van der Waals surface area contributed by atoms with Crippen LogP contribution in [0.5, 0.6) is 0 Å². The Bertz CT molecular complexity index is 786. The van der Waals surface area contributed by atoms with Gasteiger partial charge in [-0.3, -0.25) is 4.99 Å². The molecular weight excluding hydrogens is 467 g/mol. The summed E-state index contributed by atoms with van der Waals surface area (Å²) < 4.78 is 11.3. The minimum atomic E-state index is 0. The number of nitrogens with one attached hydrogen (secondary N) is 1. The van der Waals surface area contributed by atoms with Crippen LogP contribution >= 0.6 is 24.0 Å². The molecule has 6 nitrogen and oxygen atoms in total. The number of aromatic nitrogens is 1. The summed E-state index contributed by atoms with van der Waals surface area (Å²) in [4.78, 5) is 6.78. The van der Waals surface area contributed by atoms with Crippen LogP contribution < -0.4 is 5.32 Å². The van der Waals surface area contributed by atoms with Gasteiger partial charge in [-0.1, -0.05) is 36.3 Å². The Morgan fingerprint density at radius 1 is 1.32 bits per heavy atom. The maximum Gasteiger partial charge on any atom is 0.193 e. The van der Waals surface area contributed by atoms with Crippen molar-refractivity contribution in [3.63, 3.8) is 0 Å². The van der Waals surface area contributed by atoms with Gasteiger partial charge in [-0.05, 0) is 31.9 Å². The summed E-state index contributed by atoms with van der Waals surface area (Å²) in [5.74, 6) is 2.10. The van der Waals surface area contributed by atoms with Crippen molar-refractivity contribution in [3.8, 4) is 0 Å². The second kappa shape index (κ2) is 10.2. The number of hydrogen-bond acceptors (Lipinski definition) is 4. The number of halogens is 1. The Hall–Kier alpha value is -1.61. The molecule has 0 radical (unpaired) electrons. The molecule has 3 rings (SSSR count). The van der Waals surface area contributed by atoms with E-state index in [0.29, 0.717) is 12.5 Å². The van der Waals surface area contributed by atoms with E-state index in [1.807, 2.05) is 20.9 Å². The van der Waals surface area contributed by atoms with Crippen molar-refractivity contribution >= 4 is 29.9 Å². The van der Waals surface area contributed by atoms with Gasteiger partial charge in [-0.25, -0.2) is 0 Å². The second-order valence-electron chi connectivity index (χ2n) is 7.23. The summed E-state index contributed by atoms with van der Waals surface area (Å²) >= 11 is 0. The normalized spacial score (nSPS) is 18.5. The van der Waals surface area contributed by atoms with E-state index in [9.17, 15) is 0 Å². The van der Waals surface area contributed by atoms with E-state index in [4.69, 9.17) is 9.26 Å².